The van der Waals surface area contributed by atoms with E-state index in [1.54, 1.807) is 11.4 Å². The first-order chi connectivity index (χ1) is 12.1. The second-order valence-corrected chi connectivity index (χ2v) is 6.90. The predicted octanol–water partition coefficient (Wildman–Crippen LogP) is 2.46. The first kappa shape index (κ1) is 19.1. The SMILES string of the molecule is CN(C)CCN(Cc1ccccc1)C(=O)CCNC(=O)c1ccsc1. The number of nitrogens with one attached hydrogen (secondary N) is 1. The molecule has 2 amide bonds. The van der Waals surface area contributed by atoms with Crippen LogP contribution in [0.1, 0.15) is 22.3 Å². The van der Waals surface area contributed by atoms with Crippen LogP contribution >= 0.6 is 11.3 Å². The van der Waals surface area contributed by atoms with E-state index in [-0.39, 0.29) is 11.8 Å². The Morgan fingerprint density at radius 3 is 2.48 bits per heavy atom. The molecule has 25 heavy (non-hydrogen) atoms. The zero-order chi connectivity index (χ0) is 18.1. The Bertz CT molecular complexity index is 657. The van der Waals surface area contributed by atoms with E-state index < -0.39 is 0 Å². The van der Waals surface area contributed by atoms with Crippen LogP contribution in [0.4, 0.5) is 0 Å². The second-order valence-electron chi connectivity index (χ2n) is 6.12. The summed E-state index contributed by atoms with van der Waals surface area (Å²) >= 11 is 1.48. The standard InChI is InChI=1S/C19H25N3O2S/c1-21(2)11-12-22(14-16-6-4-3-5-7-16)18(23)8-10-20-19(24)17-9-13-25-15-17/h3-7,9,13,15H,8,10-12,14H2,1-2H3,(H,20,24). The van der Waals surface area contributed by atoms with E-state index in [1.165, 1.54) is 11.3 Å². The fraction of sp³-hybridized carbons (Fsp3) is 0.368. The van der Waals surface area contributed by atoms with Gasteiger partial charge in [0.2, 0.25) is 5.91 Å². The average Bonchev–Trinajstić information content (AvgIpc) is 3.13. The number of thiophene rings is 1. The van der Waals surface area contributed by atoms with Gasteiger partial charge in [-0.25, -0.2) is 0 Å². The molecule has 0 radical (unpaired) electrons. The lowest BCUT2D eigenvalue weighted by atomic mass is 10.2. The smallest absolute Gasteiger partial charge is 0.252 e. The fourth-order valence-corrected chi connectivity index (χ4v) is 2.99. The maximum atomic E-state index is 12.6. The van der Waals surface area contributed by atoms with E-state index >= 15 is 0 Å². The van der Waals surface area contributed by atoms with Crippen molar-refractivity contribution in [2.45, 2.75) is 13.0 Å². The molecule has 2 rings (SSSR count). The van der Waals surface area contributed by atoms with Crippen molar-refractivity contribution in [3.05, 3.63) is 58.3 Å². The summed E-state index contributed by atoms with van der Waals surface area (Å²) in [5.74, 6) is -0.0757. The summed E-state index contributed by atoms with van der Waals surface area (Å²) in [6.45, 7) is 2.41. The van der Waals surface area contributed by atoms with Crippen molar-refractivity contribution in [2.24, 2.45) is 0 Å². The van der Waals surface area contributed by atoms with Gasteiger partial charge in [-0.15, -0.1) is 0 Å². The van der Waals surface area contributed by atoms with Crippen LogP contribution in [0, 0.1) is 0 Å². The average molecular weight is 359 g/mol. The molecular formula is C19H25N3O2S. The predicted molar refractivity (Wildman–Crippen MR) is 102 cm³/mol. The van der Waals surface area contributed by atoms with Crippen LogP contribution in [0.25, 0.3) is 0 Å². The van der Waals surface area contributed by atoms with Crippen molar-refractivity contribution in [2.75, 3.05) is 33.7 Å². The third-order valence-electron chi connectivity index (χ3n) is 3.79. The van der Waals surface area contributed by atoms with E-state index in [0.29, 0.717) is 31.6 Å². The molecule has 0 atom stereocenters. The van der Waals surface area contributed by atoms with Crippen LogP contribution in [0.3, 0.4) is 0 Å². The molecule has 0 aliphatic rings. The summed E-state index contributed by atoms with van der Waals surface area (Å²) < 4.78 is 0. The van der Waals surface area contributed by atoms with Crippen molar-refractivity contribution in [3.63, 3.8) is 0 Å². The summed E-state index contributed by atoms with van der Waals surface area (Å²) in [6, 6.07) is 11.7. The highest BCUT2D eigenvalue weighted by molar-refractivity contribution is 7.08. The van der Waals surface area contributed by atoms with Crippen molar-refractivity contribution < 1.29 is 9.59 Å². The number of hydrogen-bond donors (Lipinski definition) is 1. The first-order valence-corrected chi connectivity index (χ1v) is 9.27. The van der Waals surface area contributed by atoms with Crippen LogP contribution in [0.15, 0.2) is 47.2 Å². The molecule has 0 spiro atoms. The number of likely N-dealkylation sites (N-methyl/N-ethyl adjacent to an activating group) is 1. The van der Waals surface area contributed by atoms with E-state index in [2.05, 4.69) is 10.2 Å². The molecule has 1 heterocycles. The molecule has 6 heteroatoms. The van der Waals surface area contributed by atoms with Gasteiger partial charge in [0.15, 0.2) is 0 Å². The summed E-state index contributed by atoms with van der Waals surface area (Å²) in [5, 5.41) is 6.47. The Labute approximate surface area is 153 Å². The van der Waals surface area contributed by atoms with Gasteiger partial charge in [0.25, 0.3) is 5.91 Å². The number of hydrogen-bond acceptors (Lipinski definition) is 4. The van der Waals surface area contributed by atoms with Crippen molar-refractivity contribution in [1.29, 1.82) is 0 Å². The number of carbonyl (C=O) groups excluding carboxylic acids is 2. The molecular weight excluding hydrogens is 334 g/mol. The van der Waals surface area contributed by atoms with Gasteiger partial charge in [0.1, 0.15) is 0 Å². The molecule has 1 N–H and O–H groups in total. The van der Waals surface area contributed by atoms with Gasteiger partial charge in [0.05, 0.1) is 0 Å². The highest BCUT2D eigenvalue weighted by Gasteiger charge is 2.15. The van der Waals surface area contributed by atoms with E-state index in [0.717, 1.165) is 12.1 Å². The molecule has 0 bridgehead atoms. The van der Waals surface area contributed by atoms with Crippen LogP contribution in [-0.4, -0.2) is 55.3 Å². The molecule has 1 aromatic carbocycles. The number of carbonyl (C=O) groups is 2. The van der Waals surface area contributed by atoms with E-state index in [9.17, 15) is 9.59 Å². The summed E-state index contributed by atoms with van der Waals surface area (Å²) in [4.78, 5) is 28.4. The normalized spacial score (nSPS) is 10.7. The zero-order valence-corrected chi connectivity index (χ0v) is 15.6. The van der Waals surface area contributed by atoms with Gasteiger partial charge >= 0.3 is 0 Å². The maximum absolute atomic E-state index is 12.6. The molecule has 0 unspecified atom stereocenters. The highest BCUT2D eigenvalue weighted by atomic mass is 32.1. The van der Waals surface area contributed by atoms with Crippen LogP contribution in [-0.2, 0) is 11.3 Å². The number of benzene rings is 1. The van der Waals surface area contributed by atoms with Crippen LogP contribution in [0.5, 0.6) is 0 Å². The van der Waals surface area contributed by atoms with Crippen molar-refractivity contribution in [1.82, 2.24) is 15.1 Å². The Balaban J connectivity index is 1.86. The van der Waals surface area contributed by atoms with Gasteiger partial charge in [-0.2, -0.15) is 11.3 Å². The third-order valence-corrected chi connectivity index (χ3v) is 4.48. The van der Waals surface area contributed by atoms with Crippen molar-refractivity contribution >= 4 is 23.2 Å². The van der Waals surface area contributed by atoms with E-state index in [4.69, 9.17) is 0 Å². The minimum absolute atomic E-state index is 0.0521. The number of amides is 2. The molecule has 0 saturated carbocycles. The molecule has 0 saturated heterocycles. The number of rotatable bonds is 9. The van der Waals surface area contributed by atoms with Gasteiger partial charge in [-0.05, 0) is 31.1 Å². The first-order valence-electron chi connectivity index (χ1n) is 8.33. The lowest BCUT2D eigenvalue weighted by molar-refractivity contribution is -0.131. The molecule has 2 aromatic rings. The van der Waals surface area contributed by atoms with Gasteiger partial charge in [0, 0.05) is 43.5 Å². The lowest BCUT2D eigenvalue weighted by Crippen LogP contribution is -2.38. The summed E-state index contributed by atoms with van der Waals surface area (Å²) in [7, 11) is 3.98. The van der Waals surface area contributed by atoms with Gasteiger partial charge in [-0.3, -0.25) is 9.59 Å². The minimum atomic E-state index is -0.128. The molecule has 0 aliphatic heterocycles. The Morgan fingerprint density at radius 1 is 1.08 bits per heavy atom. The quantitative estimate of drug-likeness (QED) is 0.748. The fourth-order valence-electron chi connectivity index (χ4n) is 2.35. The zero-order valence-electron chi connectivity index (χ0n) is 14.8. The maximum Gasteiger partial charge on any atom is 0.252 e. The Hall–Kier alpha value is -2.18. The van der Waals surface area contributed by atoms with Gasteiger partial charge in [-0.1, -0.05) is 30.3 Å². The second kappa shape index (κ2) is 9.96. The Kier molecular flexibility index (Phi) is 7.63. The topological polar surface area (TPSA) is 52.6 Å². The Morgan fingerprint density at radius 2 is 1.84 bits per heavy atom. The van der Waals surface area contributed by atoms with Crippen LogP contribution < -0.4 is 5.32 Å². The highest BCUT2D eigenvalue weighted by Crippen LogP contribution is 2.07. The molecule has 0 fully saturated rings. The molecule has 5 nitrogen and oxygen atoms in total. The third kappa shape index (κ3) is 6.68. The molecule has 134 valence electrons. The number of nitrogens with zero attached hydrogens (tertiary/aromatic N) is 2. The molecule has 0 aliphatic carbocycles. The van der Waals surface area contributed by atoms with E-state index in [1.807, 2.05) is 54.7 Å². The van der Waals surface area contributed by atoms with Crippen molar-refractivity contribution in [3.8, 4) is 0 Å². The minimum Gasteiger partial charge on any atom is -0.351 e. The lowest BCUT2D eigenvalue weighted by Gasteiger charge is -2.24. The largest absolute Gasteiger partial charge is 0.351 e. The van der Waals surface area contributed by atoms with Gasteiger partial charge < -0.3 is 15.1 Å². The monoisotopic (exact) mass is 359 g/mol. The summed E-state index contributed by atoms with van der Waals surface area (Å²) in [6.07, 6.45) is 0.302. The summed E-state index contributed by atoms with van der Waals surface area (Å²) in [5.41, 5.74) is 1.75. The van der Waals surface area contributed by atoms with Crippen LogP contribution in [0.2, 0.25) is 0 Å². The molecule has 1 aromatic heterocycles.